The Hall–Kier alpha value is -1.44. The minimum absolute atomic E-state index is 0.0741. The smallest absolute Gasteiger partial charge is 0.372 e. The minimum Gasteiger partial charge on any atom is -0.372 e. The summed E-state index contributed by atoms with van der Waals surface area (Å²) in [5, 5.41) is 3.71. The molecule has 5 nitrogen and oxygen atoms in total. The molecule has 0 atom stereocenters. The number of hydrogen-bond acceptors (Lipinski definition) is 5. The summed E-state index contributed by atoms with van der Waals surface area (Å²) in [5.41, 5.74) is 0. The first-order chi connectivity index (χ1) is 9.44. The van der Waals surface area contributed by atoms with Gasteiger partial charge in [0.2, 0.25) is 5.89 Å². The largest absolute Gasteiger partial charge is 0.411 e. The number of Topliss-reactive ketones (excluding diaryl/α,β-unsaturated/α-hetero) is 1. The maximum absolute atomic E-state index is 11.9. The predicted octanol–water partition coefficient (Wildman–Crippen LogP) is 2.42. The van der Waals surface area contributed by atoms with E-state index in [4.69, 9.17) is 4.52 Å². The van der Waals surface area contributed by atoms with Crippen LogP contribution < -0.4 is 0 Å². The quantitative estimate of drug-likeness (QED) is 0.780. The molecule has 0 radical (unpaired) electrons. The van der Waals surface area contributed by atoms with Gasteiger partial charge in [0, 0.05) is 25.2 Å². The molecule has 1 saturated carbocycles. The molecule has 112 valence electrons. The summed E-state index contributed by atoms with van der Waals surface area (Å²) in [5.74, 6) is 1.11. The molecule has 2 rings (SSSR count). The topological polar surface area (TPSA) is 65.2 Å². The lowest BCUT2D eigenvalue weighted by molar-refractivity contribution is -0.173. The lowest BCUT2D eigenvalue weighted by atomic mass is 9.88. The second-order valence-electron chi connectivity index (χ2n) is 4.78. The number of rotatable bonds is 5. The molecule has 1 aliphatic carbocycles. The van der Waals surface area contributed by atoms with Crippen molar-refractivity contribution in [2.24, 2.45) is 0 Å². The van der Waals surface area contributed by atoms with Crippen molar-refractivity contribution in [2.45, 2.75) is 44.2 Å². The highest BCUT2D eigenvalue weighted by Gasteiger charge is 2.27. The van der Waals surface area contributed by atoms with Gasteiger partial charge in [-0.1, -0.05) is 5.16 Å². The van der Waals surface area contributed by atoms with E-state index in [0.717, 1.165) is 0 Å². The number of ether oxygens (including phenoxy) is 1. The first-order valence-electron chi connectivity index (χ1n) is 6.43. The Bertz CT molecular complexity index is 449. The van der Waals surface area contributed by atoms with E-state index < -0.39 is 12.8 Å². The van der Waals surface area contributed by atoms with Gasteiger partial charge in [-0.15, -0.1) is 0 Å². The van der Waals surface area contributed by atoms with Crippen LogP contribution in [0.25, 0.3) is 0 Å². The third-order valence-corrected chi connectivity index (χ3v) is 3.11. The zero-order chi connectivity index (χ0) is 14.6. The Balaban J connectivity index is 1.76. The van der Waals surface area contributed by atoms with Crippen molar-refractivity contribution < 1.29 is 27.2 Å². The van der Waals surface area contributed by atoms with Crippen LogP contribution in [-0.4, -0.2) is 35.3 Å². The van der Waals surface area contributed by atoms with Gasteiger partial charge in [0.15, 0.2) is 5.82 Å². The SMILES string of the molecule is O=C1CCC(c2nc(CCOCC(F)(F)F)no2)CC1. The molecule has 0 N–H and O–H groups in total. The molecule has 1 aromatic rings. The highest BCUT2D eigenvalue weighted by molar-refractivity contribution is 5.79. The Kier molecular flexibility index (Phi) is 4.74. The van der Waals surface area contributed by atoms with Crippen LogP contribution in [0.15, 0.2) is 4.52 Å². The molecule has 1 aliphatic rings. The van der Waals surface area contributed by atoms with Crippen LogP contribution >= 0.6 is 0 Å². The van der Waals surface area contributed by atoms with Crippen molar-refractivity contribution >= 4 is 5.78 Å². The highest BCUT2D eigenvalue weighted by Crippen LogP contribution is 2.29. The van der Waals surface area contributed by atoms with Crippen molar-refractivity contribution in [1.29, 1.82) is 0 Å². The summed E-state index contributed by atoms with van der Waals surface area (Å²) in [4.78, 5) is 15.3. The van der Waals surface area contributed by atoms with Gasteiger partial charge in [0.05, 0.1) is 6.61 Å². The average molecular weight is 292 g/mol. The van der Waals surface area contributed by atoms with Crippen LogP contribution in [-0.2, 0) is 16.0 Å². The van der Waals surface area contributed by atoms with Crippen LogP contribution in [0.5, 0.6) is 0 Å². The zero-order valence-electron chi connectivity index (χ0n) is 10.8. The number of hydrogen-bond donors (Lipinski definition) is 0. The number of ketones is 1. The number of carbonyl (C=O) groups excluding carboxylic acids is 1. The minimum atomic E-state index is -4.32. The molecule has 0 saturated heterocycles. The number of aromatic nitrogens is 2. The molecule has 1 aromatic heterocycles. The summed E-state index contributed by atoms with van der Waals surface area (Å²) in [6.07, 6.45) is -1.76. The number of carbonyl (C=O) groups is 1. The van der Waals surface area contributed by atoms with E-state index in [1.807, 2.05) is 0 Å². The van der Waals surface area contributed by atoms with Gasteiger partial charge in [0.25, 0.3) is 0 Å². The standard InChI is InChI=1S/C12H15F3N2O3/c13-12(14,15)7-19-6-5-10-16-11(20-17-10)8-1-3-9(18)4-2-8/h8H,1-7H2. The molecule has 20 heavy (non-hydrogen) atoms. The number of nitrogens with zero attached hydrogens (tertiary/aromatic N) is 2. The van der Waals surface area contributed by atoms with E-state index in [2.05, 4.69) is 14.9 Å². The first-order valence-corrected chi connectivity index (χ1v) is 6.43. The molecule has 1 heterocycles. The van der Waals surface area contributed by atoms with Crippen molar-refractivity contribution in [3.05, 3.63) is 11.7 Å². The van der Waals surface area contributed by atoms with E-state index in [9.17, 15) is 18.0 Å². The molecule has 0 aromatic carbocycles. The molecule has 0 bridgehead atoms. The van der Waals surface area contributed by atoms with Gasteiger partial charge >= 0.3 is 6.18 Å². The maximum atomic E-state index is 11.9. The second kappa shape index (κ2) is 6.34. The van der Waals surface area contributed by atoms with Crippen molar-refractivity contribution in [3.8, 4) is 0 Å². The molecule has 0 unspecified atom stereocenters. The van der Waals surface area contributed by atoms with Crippen LogP contribution in [0.3, 0.4) is 0 Å². The summed E-state index contributed by atoms with van der Waals surface area (Å²) >= 11 is 0. The maximum Gasteiger partial charge on any atom is 0.411 e. The van der Waals surface area contributed by atoms with Crippen LogP contribution in [0.1, 0.15) is 43.3 Å². The molecular weight excluding hydrogens is 277 g/mol. The zero-order valence-corrected chi connectivity index (χ0v) is 10.8. The fourth-order valence-corrected chi connectivity index (χ4v) is 2.07. The lowest BCUT2D eigenvalue weighted by Crippen LogP contribution is -2.18. The summed E-state index contributed by atoms with van der Waals surface area (Å²) in [6, 6.07) is 0. The summed E-state index contributed by atoms with van der Waals surface area (Å²) in [7, 11) is 0. The van der Waals surface area contributed by atoms with Crippen LogP contribution in [0.2, 0.25) is 0 Å². The van der Waals surface area contributed by atoms with Gasteiger partial charge in [0.1, 0.15) is 12.4 Å². The monoisotopic (exact) mass is 292 g/mol. The molecule has 0 aliphatic heterocycles. The van der Waals surface area contributed by atoms with Gasteiger partial charge < -0.3 is 9.26 Å². The van der Waals surface area contributed by atoms with Crippen molar-refractivity contribution in [3.63, 3.8) is 0 Å². The predicted molar refractivity (Wildman–Crippen MR) is 61.1 cm³/mol. The molecule has 0 spiro atoms. The Morgan fingerprint density at radius 3 is 2.65 bits per heavy atom. The number of halogens is 3. The summed E-state index contributed by atoms with van der Waals surface area (Å²) in [6.45, 7) is -1.38. The Morgan fingerprint density at radius 1 is 1.30 bits per heavy atom. The molecule has 0 amide bonds. The van der Waals surface area contributed by atoms with Gasteiger partial charge in [-0.25, -0.2) is 0 Å². The average Bonchev–Trinajstić information content (AvgIpc) is 2.83. The van der Waals surface area contributed by atoms with Gasteiger partial charge in [-0.3, -0.25) is 4.79 Å². The van der Waals surface area contributed by atoms with E-state index in [1.54, 1.807) is 0 Å². The van der Waals surface area contributed by atoms with E-state index in [0.29, 0.717) is 37.4 Å². The van der Waals surface area contributed by atoms with Crippen molar-refractivity contribution in [1.82, 2.24) is 10.1 Å². The van der Waals surface area contributed by atoms with Gasteiger partial charge in [-0.05, 0) is 12.8 Å². The third kappa shape index (κ3) is 4.59. The van der Waals surface area contributed by atoms with Crippen LogP contribution in [0, 0.1) is 0 Å². The Labute approximate surface area is 113 Å². The van der Waals surface area contributed by atoms with Gasteiger partial charge in [-0.2, -0.15) is 18.2 Å². The normalized spacial score (nSPS) is 17.6. The number of alkyl halides is 3. The molecule has 8 heteroatoms. The molecular formula is C12H15F3N2O3. The molecule has 1 fully saturated rings. The second-order valence-corrected chi connectivity index (χ2v) is 4.78. The fraction of sp³-hybridized carbons (Fsp3) is 0.750. The summed E-state index contributed by atoms with van der Waals surface area (Å²) < 4.78 is 45.1. The van der Waals surface area contributed by atoms with E-state index in [-0.39, 0.29) is 24.7 Å². The lowest BCUT2D eigenvalue weighted by Gasteiger charge is -2.16. The van der Waals surface area contributed by atoms with E-state index >= 15 is 0 Å². The van der Waals surface area contributed by atoms with Crippen LogP contribution in [0.4, 0.5) is 13.2 Å². The highest BCUT2D eigenvalue weighted by atomic mass is 19.4. The first kappa shape index (κ1) is 15.0. The Morgan fingerprint density at radius 2 is 2.00 bits per heavy atom. The van der Waals surface area contributed by atoms with Crippen molar-refractivity contribution in [2.75, 3.05) is 13.2 Å². The van der Waals surface area contributed by atoms with E-state index in [1.165, 1.54) is 0 Å². The fourth-order valence-electron chi connectivity index (χ4n) is 2.07. The third-order valence-electron chi connectivity index (χ3n) is 3.11.